The first-order chi connectivity index (χ1) is 8.75. The number of fused-ring (bicyclic) bond motifs is 5. The van der Waals surface area contributed by atoms with Crippen molar-refractivity contribution >= 4 is 23.2 Å². The fourth-order valence-electron chi connectivity index (χ4n) is 4.37. The zero-order valence-electron chi connectivity index (χ0n) is 9.97. The summed E-state index contributed by atoms with van der Waals surface area (Å²) < 4.78 is 0. The smallest absolute Gasteiger partial charge is 0.228 e. The van der Waals surface area contributed by atoms with E-state index < -0.39 is 0 Å². The molecule has 2 bridgehead atoms. The third-order valence-corrected chi connectivity index (χ3v) is 5.36. The highest BCUT2D eigenvalue weighted by Crippen LogP contribution is 2.69. The van der Waals surface area contributed by atoms with Gasteiger partial charge >= 0.3 is 0 Å². The van der Waals surface area contributed by atoms with Gasteiger partial charge in [-0.15, -0.1) is 0 Å². The van der Waals surface area contributed by atoms with Crippen LogP contribution in [-0.4, -0.2) is 10.9 Å². The number of nitrogens with one attached hydrogen (secondary N) is 1. The molecule has 94 valence electrons. The van der Waals surface area contributed by atoms with Gasteiger partial charge in [-0.25, -0.2) is 4.98 Å². The molecule has 1 aromatic heterocycles. The molecule has 18 heavy (non-hydrogen) atoms. The Labute approximate surface area is 111 Å². The first-order valence-corrected chi connectivity index (χ1v) is 7.05. The molecule has 4 heteroatoms. The van der Waals surface area contributed by atoms with E-state index in [0.29, 0.717) is 22.7 Å². The summed E-state index contributed by atoms with van der Waals surface area (Å²) >= 11 is 5.96. The first kappa shape index (κ1) is 10.8. The Morgan fingerprint density at radius 3 is 2.72 bits per heavy atom. The number of rotatable bonds is 2. The highest BCUT2D eigenvalue weighted by atomic mass is 35.5. The number of halogens is 1. The summed E-state index contributed by atoms with van der Waals surface area (Å²) in [5, 5.41) is 3.31. The number of carbonyl (C=O) groups excluding carboxylic acids is 1. The molecule has 4 unspecified atom stereocenters. The van der Waals surface area contributed by atoms with Crippen LogP contribution in [0.15, 0.2) is 18.3 Å². The van der Waals surface area contributed by atoms with Crippen molar-refractivity contribution in [3.8, 4) is 0 Å². The fraction of sp³-hybridized carbons (Fsp3) is 0.571. The van der Waals surface area contributed by atoms with Crippen molar-refractivity contribution in [3.63, 3.8) is 0 Å². The van der Waals surface area contributed by atoms with Crippen molar-refractivity contribution in [2.45, 2.75) is 19.3 Å². The van der Waals surface area contributed by atoms with Gasteiger partial charge in [-0.1, -0.05) is 11.6 Å². The predicted molar refractivity (Wildman–Crippen MR) is 69.2 cm³/mol. The zero-order valence-corrected chi connectivity index (χ0v) is 10.7. The molecule has 3 aliphatic rings. The number of hydrogen-bond acceptors (Lipinski definition) is 2. The Morgan fingerprint density at radius 2 is 2.06 bits per heavy atom. The molecule has 0 spiro atoms. The van der Waals surface area contributed by atoms with E-state index in [-0.39, 0.29) is 11.8 Å². The van der Waals surface area contributed by atoms with E-state index in [0.717, 1.165) is 11.8 Å². The van der Waals surface area contributed by atoms with Gasteiger partial charge in [0.15, 0.2) is 5.15 Å². The molecule has 3 saturated carbocycles. The molecule has 3 aliphatic carbocycles. The second-order valence-corrected chi connectivity index (χ2v) is 6.20. The summed E-state index contributed by atoms with van der Waals surface area (Å²) in [6, 6.07) is 3.60. The minimum absolute atomic E-state index is 0.150. The van der Waals surface area contributed by atoms with Gasteiger partial charge in [-0.05, 0) is 55.1 Å². The van der Waals surface area contributed by atoms with E-state index in [1.807, 2.05) is 0 Å². The molecule has 1 aromatic rings. The van der Waals surface area contributed by atoms with Crippen molar-refractivity contribution in [2.75, 3.05) is 5.32 Å². The Hall–Kier alpha value is -1.09. The third-order valence-electron chi connectivity index (χ3n) is 5.06. The minimum Gasteiger partial charge on any atom is -0.323 e. The molecular formula is C14H15ClN2O. The average Bonchev–Trinajstić information content (AvgIpc) is 2.82. The van der Waals surface area contributed by atoms with Crippen LogP contribution >= 0.6 is 11.6 Å². The van der Waals surface area contributed by atoms with Gasteiger partial charge in [0.1, 0.15) is 0 Å². The molecule has 0 saturated heterocycles. The number of amides is 1. The monoisotopic (exact) mass is 262 g/mol. The van der Waals surface area contributed by atoms with Gasteiger partial charge in [0.05, 0.1) is 5.69 Å². The highest BCUT2D eigenvalue weighted by Gasteiger charge is 2.67. The second kappa shape index (κ2) is 3.70. The maximum Gasteiger partial charge on any atom is 0.228 e. The van der Waals surface area contributed by atoms with E-state index in [9.17, 15) is 4.79 Å². The van der Waals surface area contributed by atoms with Gasteiger partial charge in [0.2, 0.25) is 5.91 Å². The number of aromatic nitrogens is 1. The average molecular weight is 263 g/mol. The molecule has 4 atom stereocenters. The molecule has 1 heterocycles. The lowest BCUT2D eigenvalue weighted by atomic mass is 10.0. The maximum absolute atomic E-state index is 12.3. The largest absolute Gasteiger partial charge is 0.323 e. The molecule has 1 amide bonds. The summed E-state index contributed by atoms with van der Waals surface area (Å²) in [4.78, 5) is 16.2. The van der Waals surface area contributed by atoms with Crippen molar-refractivity contribution in [3.05, 3.63) is 23.5 Å². The fourth-order valence-corrected chi connectivity index (χ4v) is 4.54. The van der Waals surface area contributed by atoms with Crippen LogP contribution in [0.4, 0.5) is 5.69 Å². The van der Waals surface area contributed by atoms with Gasteiger partial charge in [-0.3, -0.25) is 4.79 Å². The van der Waals surface area contributed by atoms with E-state index in [4.69, 9.17) is 11.6 Å². The maximum atomic E-state index is 12.3. The Balaban J connectivity index is 1.48. The van der Waals surface area contributed by atoms with Crippen molar-refractivity contribution < 1.29 is 4.79 Å². The molecule has 3 nitrogen and oxygen atoms in total. The molecule has 1 N–H and O–H groups in total. The van der Waals surface area contributed by atoms with Crippen molar-refractivity contribution in [2.24, 2.45) is 29.6 Å². The highest BCUT2D eigenvalue weighted by molar-refractivity contribution is 6.32. The van der Waals surface area contributed by atoms with E-state index in [1.165, 1.54) is 19.3 Å². The van der Waals surface area contributed by atoms with Crippen LogP contribution < -0.4 is 5.32 Å². The topological polar surface area (TPSA) is 42.0 Å². The van der Waals surface area contributed by atoms with Crippen LogP contribution in [0.3, 0.4) is 0 Å². The number of carbonyl (C=O) groups is 1. The lowest BCUT2D eigenvalue weighted by Gasteiger charge is -2.10. The number of pyridine rings is 1. The first-order valence-electron chi connectivity index (χ1n) is 6.67. The third kappa shape index (κ3) is 1.43. The van der Waals surface area contributed by atoms with Crippen molar-refractivity contribution in [1.82, 2.24) is 4.98 Å². The summed E-state index contributed by atoms with van der Waals surface area (Å²) in [5.74, 6) is 3.36. The predicted octanol–water partition coefficient (Wildman–Crippen LogP) is 2.97. The molecular weight excluding hydrogens is 248 g/mol. The van der Waals surface area contributed by atoms with Gasteiger partial charge in [-0.2, -0.15) is 0 Å². The standard InChI is InChI=1S/C14H15ClN2O/c15-13-9(2-1-5-16-13)17-14(18)12-10-7-3-4-8(6-7)11(10)12/h1-2,5,7-8,10-12H,3-4,6H2,(H,17,18). The van der Waals surface area contributed by atoms with Crippen LogP contribution in [-0.2, 0) is 4.79 Å². The second-order valence-electron chi connectivity index (χ2n) is 5.84. The van der Waals surface area contributed by atoms with E-state index in [2.05, 4.69) is 10.3 Å². The molecule has 0 radical (unpaired) electrons. The Kier molecular flexibility index (Phi) is 2.22. The van der Waals surface area contributed by atoms with Crippen LogP contribution in [0.2, 0.25) is 5.15 Å². The van der Waals surface area contributed by atoms with Gasteiger partial charge in [0.25, 0.3) is 0 Å². The van der Waals surface area contributed by atoms with Crippen molar-refractivity contribution in [1.29, 1.82) is 0 Å². The zero-order chi connectivity index (χ0) is 12.3. The van der Waals surface area contributed by atoms with Gasteiger partial charge in [0, 0.05) is 12.1 Å². The number of nitrogens with zero attached hydrogens (tertiary/aromatic N) is 1. The summed E-state index contributed by atoms with van der Waals surface area (Å²) in [6.45, 7) is 0. The number of anilines is 1. The quantitative estimate of drug-likeness (QED) is 0.833. The van der Waals surface area contributed by atoms with Crippen LogP contribution in [0.5, 0.6) is 0 Å². The van der Waals surface area contributed by atoms with E-state index in [1.54, 1.807) is 18.3 Å². The molecule has 0 aliphatic heterocycles. The normalized spacial score (nSPS) is 39.5. The summed E-state index contributed by atoms with van der Waals surface area (Å²) in [5.41, 5.74) is 0.640. The van der Waals surface area contributed by atoms with Crippen LogP contribution in [0.1, 0.15) is 19.3 Å². The minimum atomic E-state index is 0.150. The Bertz CT molecular complexity index is 502. The summed E-state index contributed by atoms with van der Waals surface area (Å²) in [6.07, 6.45) is 5.67. The number of hydrogen-bond donors (Lipinski definition) is 1. The molecule has 4 rings (SSSR count). The molecule has 0 aromatic carbocycles. The summed E-state index contributed by atoms with van der Waals surface area (Å²) in [7, 11) is 0. The van der Waals surface area contributed by atoms with Gasteiger partial charge < -0.3 is 5.32 Å². The van der Waals surface area contributed by atoms with E-state index >= 15 is 0 Å². The SMILES string of the molecule is O=C(Nc1cccnc1Cl)C1C2C3CCC(C3)C12. The Morgan fingerprint density at radius 1 is 1.33 bits per heavy atom. The molecule has 3 fully saturated rings. The van der Waals surface area contributed by atoms with Crippen LogP contribution in [0.25, 0.3) is 0 Å². The lowest BCUT2D eigenvalue weighted by Crippen LogP contribution is -2.18. The van der Waals surface area contributed by atoms with Crippen LogP contribution in [0, 0.1) is 29.6 Å². The lowest BCUT2D eigenvalue weighted by molar-refractivity contribution is -0.118.